The van der Waals surface area contributed by atoms with Gasteiger partial charge in [-0.1, -0.05) is 43.0 Å². The van der Waals surface area contributed by atoms with Gasteiger partial charge in [-0.2, -0.15) is 0 Å². The molecule has 0 radical (unpaired) electrons. The summed E-state index contributed by atoms with van der Waals surface area (Å²) < 4.78 is 0. The number of amidine groups is 1. The standard InChI is InChI=1S/C22H24ClN5O2/c23-14-6-4-5-13(9-14)12-26-21-22(7-2-1-3-8-22)28-18-11-16(20(25)30)15(19(24)29)10-17(18)27-21/h4-6,9-11,28H,1-3,7-8,12H2,(H2,24,29)(H2,25,30)(H,26,27). The third kappa shape index (κ3) is 3.85. The summed E-state index contributed by atoms with van der Waals surface area (Å²) >= 11 is 6.10. The molecule has 2 aromatic rings. The zero-order valence-corrected chi connectivity index (χ0v) is 17.3. The first-order chi connectivity index (χ1) is 14.4. The summed E-state index contributed by atoms with van der Waals surface area (Å²) in [5, 5.41) is 7.66. The largest absolute Gasteiger partial charge is 0.371 e. The molecule has 30 heavy (non-hydrogen) atoms. The molecule has 1 spiro atoms. The number of nitrogens with zero attached hydrogens (tertiary/aromatic N) is 1. The van der Waals surface area contributed by atoms with Crippen LogP contribution < -0.4 is 22.1 Å². The Morgan fingerprint density at radius 2 is 1.67 bits per heavy atom. The van der Waals surface area contributed by atoms with Crippen LogP contribution in [0.2, 0.25) is 5.02 Å². The van der Waals surface area contributed by atoms with Gasteiger partial charge in [-0.3, -0.25) is 14.6 Å². The first-order valence-corrected chi connectivity index (χ1v) is 10.4. The Kier molecular flexibility index (Phi) is 5.39. The number of amides is 2. The van der Waals surface area contributed by atoms with Crippen molar-refractivity contribution in [3.8, 4) is 0 Å². The van der Waals surface area contributed by atoms with Crippen molar-refractivity contribution in [1.82, 2.24) is 0 Å². The average molecular weight is 426 g/mol. The SMILES string of the molecule is NC(=O)c1cc2c(cc1C(N)=O)NC1(CCCCC1)C(=NCc1cccc(Cl)c1)N2. The smallest absolute Gasteiger partial charge is 0.249 e. The Morgan fingerprint density at radius 3 is 2.30 bits per heavy atom. The van der Waals surface area contributed by atoms with Gasteiger partial charge in [0.2, 0.25) is 11.8 Å². The number of anilines is 2. The summed E-state index contributed by atoms with van der Waals surface area (Å²) in [5.41, 5.74) is 13.2. The fourth-order valence-corrected chi connectivity index (χ4v) is 4.50. The van der Waals surface area contributed by atoms with Crippen LogP contribution in [-0.4, -0.2) is 23.2 Å². The highest BCUT2D eigenvalue weighted by Gasteiger charge is 2.41. The van der Waals surface area contributed by atoms with E-state index in [0.29, 0.717) is 17.3 Å². The minimum Gasteiger partial charge on any atom is -0.371 e. The zero-order chi connectivity index (χ0) is 21.3. The molecule has 8 heteroatoms. The number of nitrogens with two attached hydrogens (primary N) is 2. The molecule has 2 aromatic carbocycles. The number of primary amides is 2. The monoisotopic (exact) mass is 425 g/mol. The Hall–Kier alpha value is -3.06. The molecule has 6 N–H and O–H groups in total. The van der Waals surface area contributed by atoms with Crippen molar-refractivity contribution < 1.29 is 9.59 Å². The van der Waals surface area contributed by atoms with Gasteiger partial charge in [-0.15, -0.1) is 0 Å². The number of hydrogen-bond donors (Lipinski definition) is 4. The van der Waals surface area contributed by atoms with Crippen LogP contribution in [0.4, 0.5) is 11.4 Å². The van der Waals surface area contributed by atoms with Gasteiger partial charge in [0.15, 0.2) is 0 Å². The minimum atomic E-state index is -0.705. The molecule has 0 unspecified atom stereocenters. The molecule has 2 amide bonds. The summed E-state index contributed by atoms with van der Waals surface area (Å²) in [6.07, 6.45) is 5.14. The second-order valence-electron chi connectivity index (χ2n) is 7.86. The van der Waals surface area contributed by atoms with Crippen molar-refractivity contribution in [3.63, 3.8) is 0 Å². The topological polar surface area (TPSA) is 123 Å². The van der Waals surface area contributed by atoms with Crippen molar-refractivity contribution >= 4 is 40.6 Å². The van der Waals surface area contributed by atoms with E-state index >= 15 is 0 Å². The number of aliphatic imine (C=N–C) groups is 1. The van der Waals surface area contributed by atoms with Crippen molar-refractivity contribution in [2.24, 2.45) is 16.5 Å². The van der Waals surface area contributed by atoms with Crippen LogP contribution in [-0.2, 0) is 6.54 Å². The van der Waals surface area contributed by atoms with E-state index in [9.17, 15) is 9.59 Å². The fraction of sp³-hybridized carbons (Fsp3) is 0.318. The summed E-state index contributed by atoms with van der Waals surface area (Å²) in [7, 11) is 0. The second-order valence-corrected chi connectivity index (χ2v) is 8.30. The third-order valence-corrected chi connectivity index (χ3v) is 6.02. The summed E-state index contributed by atoms with van der Waals surface area (Å²) in [5.74, 6) is -0.577. The van der Waals surface area contributed by atoms with Crippen molar-refractivity contribution in [2.75, 3.05) is 10.6 Å². The number of carbonyl (C=O) groups excluding carboxylic acids is 2. The molecule has 4 rings (SSSR count). The van der Waals surface area contributed by atoms with Gasteiger partial charge < -0.3 is 22.1 Å². The molecule has 156 valence electrons. The lowest BCUT2D eigenvalue weighted by molar-refractivity contribution is 0.0967. The molecule has 1 saturated carbocycles. The van der Waals surface area contributed by atoms with Crippen LogP contribution in [0.3, 0.4) is 0 Å². The summed E-state index contributed by atoms with van der Waals surface area (Å²) in [6, 6.07) is 10.8. The molecule has 1 aliphatic heterocycles. The van der Waals surface area contributed by atoms with E-state index < -0.39 is 11.8 Å². The minimum absolute atomic E-state index is 0.0873. The molecule has 1 aliphatic carbocycles. The normalized spacial score (nSPS) is 18.4. The molecule has 0 saturated heterocycles. The predicted octanol–water partition coefficient (Wildman–Crippen LogP) is 3.68. The second kappa shape index (κ2) is 7.99. The Morgan fingerprint density at radius 1 is 1.00 bits per heavy atom. The maximum Gasteiger partial charge on any atom is 0.249 e. The number of carbonyl (C=O) groups is 2. The number of halogens is 1. The molecule has 0 atom stereocenters. The number of fused-ring (bicyclic) bond motifs is 1. The van der Waals surface area contributed by atoms with Crippen molar-refractivity contribution in [2.45, 2.75) is 44.2 Å². The highest BCUT2D eigenvalue weighted by molar-refractivity contribution is 6.30. The molecule has 2 aliphatic rings. The number of nitrogens with one attached hydrogen (secondary N) is 2. The molecular weight excluding hydrogens is 402 g/mol. The van der Waals surface area contributed by atoms with Gasteiger partial charge in [-0.05, 0) is 42.7 Å². The maximum atomic E-state index is 11.9. The van der Waals surface area contributed by atoms with Crippen LogP contribution >= 0.6 is 11.6 Å². The van der Waals surface area contributed by atoms with E-state index in [1.54, 1.807) is 12.1 Å². The molecule has 7 nitrogen and oxygen atoms in total. The molecule has 1 fully saturated rings. The van der Waals surface area contributed by atoms with Crippen molar-refractivity contribution in [1.29, 1.82) is 0 Å². The van der Waals surface area contributed by atoms with Gasteiger partial charge in [0.1, 0.15) is 5.84 Å². The van der Waals surface area contributed by atoms with E-state index in [-0.39, 0.29) is 16.7 Å². The van der Waals surface area contributed by atoms with E-state index in [1.165, 1.54) is 6.42 Å². The fourth-order valence-electron chi connectivity index (χ4n) is 4.29. The predicted molar refractivity (Wildman–Crippen MR) is 119 cm³/mol. The average Bonchev–Trinajstić information content (AvgIpc) is 2.72. The van der Waals surface area contributed by atoms with Crippen molar-refractivity contribution in [3.05, 3.63) is 58.1 Å². The van der Waals surface area contributed by atoms with Gasteiger partial charge in [-0.25, -0.2) is 0 Å². The highest BCUT2D eigenvalue weighted by Crippen LogP contribution is 2.41. The van der Waals surface area contributed by atoms with Crippen LogP contribution in [0, 0.1) is 0 Å². The van der Waals surface area contributed by atoms with Gasteiger partial charge in [0.25, 0.3) is 0 Å². The Labute approximate surface area is 179 Å². The van der Waals surface area contributed by atoms with E-state index in [4.69, 9.17) is 28.1 Å². The molecule has 1 heterocycles. The van der Waals surface area contributed by atoms with Gasteiger partial charge in [0, 0.05) is 5.02 Å². The number of benzene rings is 2. The van der Waals surface area contributed by atoms with Crippen LogP contribution in [0.1, 0.15) is 58.4 Å². The van der Waals surface area contributed by atoms with Crippen LogP contribution in [0.25, 0.3) is 0 Å². The van der Waals surface area contributed by atoms with Crippen LogP contribution in [0.5, 0.6) is 0 Å². The quantitative estimate of drug-likeness (QED) is 0.596. The maximum absolute atomic E-state index is 11.9. The Bertz CT molecular complexity index is 1040. The lowest BCUT2D eigenvalue weighted by atomic mass is 9.78. The van der Waals surface area contributed by atoms with Crippen LogP contribution in [0.15, 0.2) is 41.4 Å². The molecule has 0 bridgehead atoms. The Balaban J connectivity index is 1.75. The van der Waals surface area contributed by atoms with E-state index in [2.05, 4.69) is 10.6 Å². The van der Waals surface area contributed by atoms with Gasteiger partial charge in [0.05, 0.1) is 34.6 Å². The molecule has 0 aromatic heterocycles. The zero-order valence-electron chi connectivity index (χ0n) is 16.5. The van der Waals surface area contributed by atoms with E-state index in [0.717, 1.165) is 42.8 Å². The lowest BCUT2D eigenvalue weighted by Crippen LogP contribution is -2.54. The van der Waals surface area contributed by atoms with Gasteiger partial charge >= 0.3 is 0 Å². The number of rotatable bonds is 4. The first kappa shape index (κ1) is 20.2. The lowest BCUT2D eigenvalue weighted by Gasteiger charge is -2.44. The highest BCUT2D eigenvalue weighted by atomic mass is 35.5. The summed E-state index contributed by atoms with van der Waals surface area (Å²) in [4.78, 5) is 28.6. The summed E-state index contributed by atoms with van der Waals surface area (Å²) in [6.45, 7) is 0.476. The van der Waals surface area contributed by atoms with E-state index in [1.807, 2.05) is 24.3 Å². The first-order valence-electron chi connectivity index (χ1n) is 10.0. The number of hydrogen-bond acceptors (Lipinski definition) is 4. The molecular formula is C22H24ClN5O2. The third-order valence-electron chi connectivity index (χ3n) is 5.78.